The molecular weight excluding hydrogens is 608 g/mol. The second-order valence-electron chi connectivity index (χ2n) is 13.0. The van der Waals surface area contributed by atoms with Crippen molar-refractivity contribution in [1.29, 1.82) is 0 Å². The summed E-state index contributed by atoms with van der Waals surface area (Å²) in [7, 11) is 10.6. The van der Waals surface area contributed by atoms with E-state index in [0.717, 1.165) is 67.9 Å². The molecule has 0 aliphatic carbocycles. The van der Waals surface area contributed by atoms with Crippen LogP contribution in [0.5, 0.6) is 51.7 Å². The van der Waals surface area contributed by atoms with Crippen LogP contribution in [-0.4, -0.2) is 65.5 Å². The maximum Gasteiger partial charge on any atom is 0.208 e. The molecule has 2 atom stereocenters. The molecule has 48 heavy (non-hydrogen) atoms. The van der Waals surface area contributed by atoms with Crippen LogP contribution in [0.15, 0.2) is 48.5 Å². The minimum Gasteiger partial charge on any atom is -0.493 e. The van der Waals surface area contributed by atoms with Gasteiger partial charge in [-0.2, -0.15) is 0 Å². The predicted molar refractivity (Wildman–Crippen MR) is 182 cm³/mol. The minimum atomic E-state index is -0.00753. The minimum absolute atomic E-state index is 0.00753. The van der Waals surface area contributed by atoms with Crippen LogP contribution >= 0.6 is 0 Å². The van der Waals surface area contributed by atoms with Crippen LogP contribution in [0.4, 0.5) is 0 Å². The van der Waals surface area contributed by atoms with Crippen LogP contribution in [0.1, 0.15) is 51.0 Å². The standard InChI is InChI=1S/C39H42N2O7/c1-40-13-11-23-17-31(42-2)34-20-28(23)29(40)15-22-7-9-26(10-8-22)47-33-18-24-16-30-35-27(12-14-41(30)21-25(24)19-32(33)43-3)36(44-4)38(45-5)39(46-6)37(35)48-34/h7-10,17-20,29-30H,11-16,21H2,1-6H3. The molecule has 5 heterocycles. The second kappa shape index (κ2) is 12.1. The first-order chi connectivity index (χ1) is 23.4. The van der Waals surface area contributed by atoms with Crippen molar-refractivity contribution in [3.63, 3.8) is 0 Å². The summed E-state index contributed by atoms with van der Waals surface area (Å²) in [4.78, 5) is 4.93. The molecule has 4 aromatic rings. The van der Waals surface area contributed by atoms with Crippen molar-refractivity contribution in [2.24, 2.45) is 0 Å². The van der Waals surface area contributed by atoms with E-state index < -0.39 is 0 Å². The van der Waals surface area contributed by atoms with Gasteiger partial charge in [-0.05, 0) is 96.9 Å². The van der Waals surface area contributed by atoms with E-state index in [1.165, 1.54) is 27.8 Å². The first-order valence-corrected chi connectivity index (χ1v) is 16.6. The van der Waals surface area contributed by atoms with E-state index in [9.17, 15) is 0 Å². The van der Waals surface area contributed by atoms with E-state index in [1.807, 2.05) is 0 Å². The predicted octanol–water partition coefficient (Wildman–Crippen LogP) is 7.05. The van der Waals surface area contributed by atoms with Crippen LogP contribution in [-0.2, 0) is 32.2 Å². The van der Waals surface area contributed by atoms with Gasteiger partial charge in [0.05, 0.1) is 35.5 Å². The molecule has 4 aromatic carbocycles. The highest BCUT2D eigenvalue weighted by Gasteiger charge is 2.41. The Kier molecular flexibility index (Phi) is 7.76. The highest BCUT2D eigenvalue weighted by molar-refractivity contribution is 5.70. The molecule has 9 rings (SSSR count). The van der Waals surface area contributed by atoms with Gasteiger partial charge in [-0.3, -0.25) is 9.80 Å². The van der Waals surface area contributed by atoms with Crippen LogP contribution < -0.4 is 33.2 Å². The Bertz CT molecular complexity index is 1890. The van der Waals surface area contributed by atoms with E-state index in [1.54, 1.807) is 35.5 Å². The third-order valence-electron chi connectivity index (χ3n) is 10.6. The average molecular weight is 651 g/mol. The SMILES string of the molecule is COc1cc2c3cc1Oc1ccc(cc1)CC1c4cc(c(OC)cc4CCN1C)Oc1c(OC)c(OC)c(OC)c4c1C(C3)N(CC4)C2. The Balaban J connectivity index is 1.39. The first-order valence-electron chi connectivity index (χ1n) is 16.6. The number of methoxy groups -OCH3 is 5. The van der Waals surface area contributed by atoms with Crippen LogP contribution in [0.2, 0.25) is 0 Å². The van der Waals surface area contributed by atoms with Gasteiger partial charge in [0.1, 0.15) is 5.75 Å². The van der Waals surface area contributed by atoms with Gasteiger partial charge in [0.25, 0.3) is 0 Å². The number of hydrogen-bond donors (Lipinski definition) is 0. The summed E-state index contributed by atoms with van der Waals surface area (Å²) >= 11 is 0. The zero-order chi connectivity index (χ0) is 33.1. The van der Waals surface area contributed by atoms with Crippen molar-refractivity contribution in [2.75, 3.05) is 55.7 Å². The summed E-state index contributed by atoms with van der Waals surface area (Å²) in [5.41, 5.74) is 8.28. The Morgan fingerprint density at radius 2 is 1.35 bits per heavy atom. The molecule has 0 radical (unpaired) electrons. The maximum absolute atomic E-state index is 7.09. The lowest BCUT2D eigenvalue weighted by Gasteiger charge is -2.43. The number of benzene rings is 4. The Labute approximate surface area is 281 Å². The Hall–Kier alpha value is -4.60. The molecule has 9 heteroatoms. The molecule has 0 aromatic heterocycles. The lowest BCUT2D eigenvalue weighted by molar-refractivity contribution is 0.154. The van der Waals surface area contributed by atoms with Crippen LogP contribution in [0.3, 0.4) is 0 Å². The van der Waals surface area contributed by atoms with Gasteiger partial charge in [0.2, 0.25) is 11.5 Å². The van der Waals surface area contributed by atoms with Crippen molar-refractivity contribution in [2.45, 2.75) is 44.3 Å². The summed E-state index contributed by atoms with van der Waals surface area (Å²) in [6.45, 7) is 2.57. The molecule has 0 saturated heterocycles. The number of fused-ring (bicyclic) bond motifs is 2. The molecule has 7 bridgehead atoms. The van der Waals surface area contributed by atoms with E-state index in [4.69, 9.17) is 33.2 Å². The normalized spacial score (nSPS) is 19.5. The number of rotatable bonds is 5. The quantitative estimate of drug-likeness (QED) is 0.226. The molecule has 9 nitrogen and oxygen atoms in total. The average Bonchev–Trinajstić information content (AvgIpc) is 3.11. The molecular formula is C39H42N2O7. The Morgan fingerprint density at radius 1 is 0.646 bits per heavy atom. The molecule has 0 spiro atoms. The van der Waals surface area contributed by atoms with Gasteiger partial charge < -0.3 is 33.2 Å². The monoisotopic (exact) mass is 650 g/mol. The molecule has 250 valence electrons. The van der Waals surface area contributed by atoms with Crippen molar-refractivity contribution in [1.82, 2.24) is 9.80 Å². The molecule has 0 saturated carbocycles. The zero-order valence-electron chi connectivity index (χ0n) is 28.5. The number of ether oxygens (including phenoxy) is 7. The van der Waals surface area contributed by atoms with Gasteiger partial charge >= 0.3 is 0 Å². The van der Waals surface area contributed by atoms with Crippen molar-refractivity contribution < 1.29 is 33.2 Å². The summed E-state index contributed by atoms with van der Waals surface area (Å²) in [5, 5.41) is 0. The summed E-state index contributed by atoms with van der Waals surface area (Å²) in [6, 6.07) is 17.2. The fourth-order valence-corrected chi connectivity index (χ4v) is 8.17. The third-order valence-corrected chi connectivity index (χ3v) is 10.6. The largest absolute Gasteiger partial charge is 0.493 e. The summed E-state index contributed by atoms with van der Waals surface area (Å²) in [5.74, 6) is 5.88. The molecule has 2 unspecified atom stereocenters. The summed E-state index contributed by atoms with van der Waals surface area (Å²) in [6.07, 6.45) is 3.28. The second-order valence-corrected chi connectivity index (χ2v) is 13.0. The van der Waals surface area contributed by atoms with E-state index >= 15 is 0 Å². The fourth-order valence-electron chi connectivity index (χ4n) is 8.17. The van der Waals surface area contributed by atoms with Gasteiger partial charge in [-0.1, -0.05) is 12.1 Å². The molecule has 5 aliphatic rings. The molecule has 0 N–H and O–H groups in total. The highest BCUT2D eigenvalue weighted by atomic mass is 16.6. The smallest absolute Gasteiger partial charge is 0.208 e. The molecule has 5 aliphatic heterocycles. The van der Waals surface area contributed by atoms with Crippen molar-refractivity contribution in [3.8, 4) is 51.7 Å². The van der Waals surface area contributed by atoms with Crippen molar-refractivity contribution in [3.05, 3.63) is 87.5 Å². The highest BCUT2D eigenvalue weighted by Crippen LogP contribution is 2.57. The van der Waals surface area contributed by atoms with Crippen LogP contribution in [0, 0.1) is 0 Å². The van der Waals surface area contributed by atoms with Gasteiger partial charge in [-0.15, -0.1) is 0 Å². The molecule has 0 amide bonds. The lowest BCUT2D eigenvalue weighted by atomic mass is 9.82. The Morgan fingerprint density at radius 3 is 2.06 bits per heavy atom. The van der Waals surface area contributed by atoms with E-state index in [-0.39, 0.29) is 12.1 Å². The van der Waals surface area contributed by atoms with Gasteiger partial charge in [0.15, 0.2) is 34.5 Å². The van der Waals surface area contributed by atoms with E-state index in [0.29, 0.717) is 40.2 Å². The third kappa shape index (κ3) is 4.90. The van der Waals surface area contributed by atoms with Crippen molar-refractivity contribution >= 4 is 0 Å². The maximum atomic E-state index is 7.09. The topological polar surface area (TPSA) is 71.1 Å². The first kappa shape index (κ1) is 30.7. The zero-order valence-corrected chi connectivity index (χ0v) is 28.5. The number of likely N-dealkylation sites (N-methyl/N-ethyl adjacent to an activating group) is 1. The number of hydrogen-bond acceptors (Lipinski definition) is 9. The van der Waals surface area contributed by atoms with E-state index in [2.05, 4.69) is 65.4 Å². The van der Waals surface area contributed by atoms with Crippen LogP contribution in [0.25, 0.3) is 0 Å². The number of nitrogens with zero attached hydrogens (tertiary/aromatic N) is 2. The van der Waals surface area contributed by atoms with Gasteiger partial charge in [-0.25, -0.2) is 0 Å². The van der Waals surface area contributed by atoms with Gasteiger partial charge in [0, 0.05) is 42.8 Å². The fraction of sp³-hybridized carbons (Fsp3) is 0.385. The summed E-state index contributed by atoms with van der Waals surface area (Å²) < 4.78 is 43.6. The lowest BCUT2D eigenvalue weighted by Crippen LogP contribution is -2.39. The molecule has 0 fully saturated rings.